The number of para-hydroxylation sites is 1. The Morgan fingerprint density at radius 2 is 1.90 bits per heavy atom. The molecule has 9 nitrogen and oxygen atoms in total. The Kier molecular flexibility index (Phi) is 5.39. The van der Waals surface area contributed by atoms with Crippen LogP contribution in [0.3, 0.4) is 0 Å². The number of carbonyl (C=O) groups excluding carboxylic acids is 3. The van der Waals surface area contributed by atoms with E-state index >= 15 is 0 Å². The van der Waals surface area contributed by atoms with Crippen LogP contribution in [-0.2, 0) is 9.53 Å². The number of nitrogens with zero attached hydrogens (tertiary/aromatic N) is 2. The predicted octanol–water partition coefficient (Wildman–Crippen LogP) is 2.52. The number of ether oxygens (including phenoxy) is 1. The van der Waals surface area contributed by atoms with Crippen molar-refractivity contribution >= 4 is 34.5 Å². The van der Waals surface area contributed by atoms with Crippen LogP contribution >= 0.6 is 0 Å². The molecule has 0 aliphatic heterocycles. The second-order valence-electron chi connectivity index (χ2n) is 6.59. The number of aromatic nitrogens is 3. The lowest BCUT2D eigenvalue weighted by atomic mass is 10.1. The van der Waals surface area contributed by atoms with Gasteiger partial charge in [-0.25, -0.2) is 9.78 Å². The maximum atomic E-state index is 12.4. The number of amides is 2. The molecule has 4 N–H and O–H groups in total. The summed E-state index contributed by atoms with van der Waals surface area (Å²) in [6.07, 6.45) is 3.35. The van der Waals surface area contributed by atoms with Gasteiger partial charge in [-0.15, -0.1) is 0 Å². The van der Waals surface area contributed by atoms with Gasteiger partial charge in [-0.2, -0.15) is 0 Å². The number of aromatic amines is 1. The normalized spacial score (nSPS) is 10.6. The van der Waals surface area contributed by atoms with Gasteiger partial charge in [0.05, 0.1) is 27.8 Å². The van der Waals surface area contributed by atoms with E-state index in [-0.39, 0.29) is 16.8 Å². The zero-order valence-corrected chi connectivity index (χ0v) is 16.2. The van der Waals surface area contributed by atoms with E-state index in [1.165, 1.54) is 12.1 Å². The first-order chi connectivity index (χ1) is 15.0. The standard InChI is InChI=1S/C22H17N5O4/c23-20(29)15-5-1-2-6-16(15)25-19(28)12-31-22(30)13-7-8-17-18(10-13)27-21(26-17)14-4-3-9-24-11-14/h1-11H,12H2,(H2,23,29)(H,25,28)(H,26,27). The van der Waals surface area contributed by atoms with Crippen molar-refractivity contribution in [3.05, 3.63) is 78.1 Å². The zero-order chi connectivity index (χ0) is 21.8. The molecule has 0 spiro atoms. The maximum absolute atomic E-state index is 12.4. The largest absolute Gasteiger partial charge is 0.452 e. The van der Waals surface area contributed by atoms with Gasteiger partial charge in [0.15, 0.2) is 6.61 Å². The van der Waals surface area contributed by atoms with E-state index in [0.29, 0.717) is 16.9 Å². The number of nitrogens with one attached hydrogen (secondary N) is 2. The van der Waals surface area contributed by atoms with Gasteiger partial charge in [0, 0.05) is 18.0 Å². The lowest BCUT2D eigenvalue weighted by molar-refractivity contribution is -0.119. The minimum absolute atomic E-state index is 0.163. The van der Waals surface area contributed by atoms with Crippen molar-refractivity contribution in [3.8, 4) is 11.4 Å². The molecule has 0 bridgehead atoms. The van der Waals surface area contributed by atoms with Crippen molar-refractivity contribution in [1.29, 1.82) is 0 Å². The monoisotopic (exact) mass is 415 g/mol. The van der Waals surface area contributed by atoms with Crippen LogP contribution in [0.5, 0.6) is 0 Å². The van der Waals surface area contributed by atoms with Gasteiger partial charge in [0.1, 0.15) is 5.82 Å². The lowest BCUT2D eigenvalue weighted by Crippen LogP contribution is -2.23. The number of benzene rings is 2. The highest BCUT2D eigenvalue weighted by Crippen LogP contribution is 2.21. The quantitative estimate of drug-likeness (QED) is 0.413. The summed E-state index contributed by atoms with van der Waals surface area (Å²) in [5, 5.41) is 2.51. The van der Waals surface area contributed by atoms with Crippen molar-refractivity contribution in [3.63, 3.8) is 0 Å². The number of hydrogen-bond acceptors (Lipinski definition) is 6. The number of carbonyl (C=O) groups is 3. The molecule has 2 aromatic heterocycles. The SMILES string of the molecule is NC(=O)c1ccccc1NC(=O)COC(=O)c1ccc2nc(-c3cccnc3)[nH]c2c1. The highest BCUT2D eigenvalue weighted by Gasteiger charge is 2.15. The molecular weight excluding hydrogens is 398 g/mol. The Bertz CT molecular complexity index is 1280. The van der Waals surface area contributed by atoms with Crippen molar-refractivity contribution in [2.75, 3.05) is 11.9 Å². The number of rotatable bonds is 6. The number of fused-ring (bicyclic) bond motifs is 1. The van der Waals surface area contributed by atoms with Gasteiger partial charge < -0.3 is 20.8 Å². The van der Waals surface area contributed by atoms with E-state index in [2.05, 4.69) is 20.3 Å². The number of H-pyrrole nitrogens is 1. The summed E-state index contributed by atoms with van der Waals surface area (Å²) >= 11 is 0. The Morgan fingerprint density at radius 3 is 2.68 bits per heavy atom. The number of imidazole rings is 1. The molecule has 0 aliphatic rings. The van der Waals surface area contributed by atoms with Gasteiger partial charge >= 0.3 is 5.97 Å². The number of pyridine rings is 1. The fourth-order valence-electron chi connectivity index (χ4n) is 2.98. The molecule has 2 heterocycles. The maximum Gasteiger partial charge on any atom is 0.338 e. The smallest absolute Gasteiger partial charge is 0.338 e. The first-order valence-electron chi connectivity index (χ1n) is 9.27. The summed E-state index contributed by atoms with van der Waals surface area (Å²) in [7, 11) is 0. The molecule has 9 heteroatoms. The molecular formula is C22H17N5O4. The van der Waals surface area contributed by atoms with E-state index in [4.69, 9.17) is 10.5 Å². The van der Waals surface area contributed by atoms with Gasteiger partial charge in [-0.1, -0.05) is 12.1 Å². The molecule has 0 saturated carbocycles. The third-order valence-corrected chi connectivity index (χ3v) is 4.45. The zero-order valence-electron chi connectivity index (χ0n) is 16.2. The molecule has 4 aromatic rings. The molecule has 0 radical (unpaired) electrons. The fourth-order valence-corrected chi connectivity index (χ4v) is 2.98. The summed E-state index contributed by atoms with van der Waals surface area (Å²) in [4.78, 5) is 47.6. The number of hydrogen-bond donors (Lipinski definition) is 3. The van der Waals surface area contributed by atoms with Crippen molar-refractivity contribution < 1.29 is 19.1 Å². The first-order valence-corrected chi connectivity index (χ1v) is 9.27. The van der Waals surface area contributed by atoms with E-state index in [1.807, 2.05) is 6.07 Å². The number of primary amides is 1. The van der Waals surface area contributed by atoms with E-state index < -0.39 is 24.4 Å². The predicted molar refractivity (Wildman–Crippen MR) is 113 cm³/mol. The molecule has 2 amide bonds. The van der Waals surface area contributed by atoms with Crippen LogP contribution in [0, 0.1) is 0 Å². The minimum Gasteiger partial charge on any atom is -0.452 e. The second kappa shape index (κ2) is 8.46. The summed E-state index contributed by atoms with van der Waals surface area (Å²) in [5.74, 6) is -1.31. The molecule has 2 aromatic carbocycles. The summed E-state index contributed by atoms with van der Waals surface area (Å²) in [6.45, 7) is -0.520. The number of nitrogens with two attached hydrogens (primary N) is 1. The van der Waals surface area contributed by atoms with Crippen LogP contribution in [0.2, 0.25) is 0 Å². The highest BCUT2D eigenvalue weighted by atomic mass is 16.5. The second-order valence-corrected chi connectivity index (χ2v) is 6.59. The Balaban J connectivity index is 1.43. The van der Waals surface area contributed by atoms with Crippen molar-refractivity contribution in [2.45, 2.75) is 0 Å². The van der Waals surface area contributed by atoms with E-state index in [1.54, 1.807) is 48.8 Å². The minimum atomic E-state index is -0.675. The molecule has 0 atom stereocenters. The Labute approximate surface area is 176 Å². The third-order valence-electron chi connectivity index (χ3n) is 4.45. The van der Waals surface area contributed by atoms with Crippen LogP contribution < -0.4 is 11.1 Å². The number of anilines is 1. The molecule has 0 fully saturated rings. The van der Waals surface area contributed by atoms with Crippen LogP contribution in [-0.4, -0.2) is 39.3 Å². The van der Waals surface area contributed by atoms with Crippen LogP contribution in [0.25, 0.3) is 22.4 Å². The average molecular weight is 415 g/mol. The van der Waals surface area contributed by atoms with Crippen LogP contribution in [0.1, 0.15) is 20.7 Å². The molecule has 4 rings (SSSR count). The summed E-state index contributed by atoms with van der Waals surface area (Å²) in [6, 6.07) is 14.8. The fraction of sp³-hybridized carbons (Fsp3) is 0.0455. The molecule has 0 unspecified atom stereocenters. The van der Waals surface area contributed by atoms with E-state index in [9.17, 15) is 14.4 Å². The Morgan fingerprint density at radius 1 is 1.06 bits per heavy atom. The van der Waals surface area contributed by atoms with Gasteiger partial charge in [-0.3, -0.25) is 14.6 Å². The molecule has 0 saturated heterocycles. The summed E-state index contributed by atoms with van der Waals surface area (Å²) in [5.41, 5.74) is 8.10. The summed E-state index contributed by atoms with van der Waals surface area (Å²) < 4.78 is 5.09. The first kappa shape index (κ1) is 19.8. The van der Waals surface area contributed by atoms with Crippen molar-refractivity contribution in [2.24, 2.45) is 5.73 Å². The third kappa shape index (κ3) is 4.40. The highest BCUT2D eigenvalue weighted by molar-refractivity contribution is 6.04. The Hall–Kier alpha value is -4.53. The molecule has 0 aliphatic carbocycles. The van der Waals surface area contributed by atoms with E-state index in [0.717, 1.165) is 5.56 Å². The molecule has 154 valence electrons. The van der Waals surface area contributed by atoms with Crippen LogP contribution in [0.15, 0.2) is 67.0 Å². The van der Waals surface area contributed by atoms with Gasteiger partial charge in [0.25, 0.3) is 11.8 Å². The lowest BCUT2D eigenvalue weighted by Gasteiger charge is -2.09. The van der Waals surface area contributed by atoms with Gasteiger partial charge in [-0.05, 0) is 42.5 Å². The van der Waals surface area contributed by atoms with Gasteiger partial charge in [0.2, 0.25) is 0 Å². The molecule has 31 heavy (non-hydrogen) atoms. The van der Waals surface area contributed by atoms with Crippen LogP contribution in [0.4, 0.5) is 5.69 Å². The number of esters is 1. The van der Waals surface area contributed by atoms with Crippen molar-refractivity contribution in [1.82, 2.24) is 15.0 Å². The topological polar surface area (TPSA) is 140 Å². The average Bonchev–Trinajstić information content (AvgIpc) is 3.22.